The first-order chi connectivity index (χ1) is 1.91. The molecule has 0 N–H and O–H groups in total. The zero-order valence-corrected chi connectivity index (χ0v) is 7.73. The van der Waals surface area contributed by atoms with Crippen LogP contribution in [-0.2, 0) is 0 Å². The Morgan fingerprint density at radius 2 is 1.67 bits per heavy atom. The predicted octanol–water partition coefficient (Wildman–Crippen LogP) is -1.99. The van der Waals surface area contributed by atoms with Crippen molar-refractivity contribution >= 4 is 23.1 Å². The van der Waals surface area contributed by atoms with Gasteiger partial charge in [0.1, 0.15) is 0 Å². The van der Waals surface area contributed by atoms with Crippen molar-refractivity contribution in [3.05, 3.63) is 12.2 Å². The molecular weight excluding hydrogens is 199 g/mol. The largest absolute Gasteiger partial charge is 2.00 e. The van der Waals surface area contributed by atoms with Gasteiger partial charge in [0.25, 0.3) is 0 Å². The third-order valence-electron chi connectivity index (χ3n) is 0.289. The van der Waals surface area contributed by atoms with Gasteiger partial charge < -0.3 is 30.1 Å². The van der Waals surface area contributed by atoms with Gasteiger partial charge in [-0.15, -0.1) is 0 Å². The van der Waals surface area contributed by atoms with Gasteiger partial charge in [-0.1, -0.05) is 6.92 Å². The van der Waals surface area contributed by atoms with Gasteiger partial charge in [-0.25, -0.2) is 0 Å². The number of allylic oxidation sites excluding steroid dienone is 2. The molecule has 0 saturated carbocycles. The summed E-state index contributed by atoms with van der Waals surface area (Å²) in [6, 6.07) is 0. The van der Waals surface area contributed by atoms with E-state index in [1.54, 1.807) is 0 Å². The zero-order chi connectivity index (χ0) is 3.41. The fraction of sp³-hybridized carbons (Fsp3) is 0.500. The molecule has 0 radical (unpaired) electrons. The Hall–Kier alpha value is 1.24. The Morgan fingerprint density at radius 3 is 1.67 bits per heavy atom. The first kappa shape index (κ1) is 15.7. The maximum Gasteiger partial charge on any atom is 2.00 e. The van der Waals surface area contributed by atoms with Crippen LogP contribution in [0.3, 0.4) is 0 Å². The monoisotopic (exact) mass is 206 g/mol. The molecule has 0 heterocycles. The second-order valence-electron chi connectivity index (χ2n) is 0.577. The summed E-state index contributed by atoms with van der Waals surface area (Å²) in [5.41, 5.74) is 0. The quantitative estimate of drug-likeness (QED) is 0.244. The molecule has 0 spiro atoms. The van der Waals surface area contributed by atoms with E-state index in [4.69, 9.17) is 0 Å². The summed E-state index contributed by atoms with van der Waals surface area (Å²) in [4.78, 5) is 0. The van der Waals surface area contributed by atoms with Crippen LogP contribution < -0.4 is 24.0 Å². The van der Waals surface area contributed by atoms with Gasteiger partial charge >= 0.3 is 23.1 Å². The number of halogens is 1. The Morgan fingerprint density at radius 1 is 1.50 bits per heavy atom. The minimum absolute atomic E-state index is 0. The van der Waals surface area contributed by atoms with Crippen LogP contribution in [-0.4, -0.2) is 23.1 Å². The first-order valence-corrected chi connectivity index (χ1v) is 1.37. The minimum Gasteiger partial charge on any atom is -1.00 e. The van der Waals surface area contributed by atoms with Crippen molar-refractivity contribution in [1.29, 1.82) is 0 Å². The van der Waals surface area contributed by atoms with Gasteiger partial charge in [0, 0.05) is 0 Å². The molecule has 6 heavy (non-hydrogen) atoms. The molecule has 0 aliphatic heterocycles. The Balaban J connectivity index is -0.0000000450. The summed E-state index contributed by atoms with van der Waals surface area (Å²) in [6.45, 7) is 3.82. The Labute approximate surface area is 72.6 Å². The topological polar surface area (TPSA) is 0 Å². The first-order valence-electron chi connectivity index (χ1n) is 1.37. The minimum atomic E-state index is 0. The summed E-state index contributed by atoms with van der Waals surface area (Å²) < 4.78 is 0. The van der Waals surface area contributed by atoms with Crippen molar-refractivity contribution in [2.75, 3.05) is 0 Å². The number of hydrogen-bond donors (Lipinski definition) is 0. The van der Waals surface area contributed by atoms with Crippen molar-refractivity contribution in [2.45, 2.75) is 13.8 Å². The number of rotatable bonds is 0. The van der Waals surface area contributed by atoms with Crippen molar-refractivity contribution < 1.29 is 24.0 Å². The average Bonchev–Trinajstić information content (AvgIpc) is 1.37. The third kappa shape index (κ3) is 18.8. The molecule has 0 aliphatic carbocycles. The van der Waals surface area contributed by atoms with E-state index in [2.05, 4.69) is 6.08 Å². The van der Waals surface area contributed by atoms with E-state index >= 15 is 0 Å². The summed E-state index contributed by atoms with van der Waals surface area (Å²) in [5, 5.41) is 0. The summed E-state index contributed by atoms with van der Waals surface area (Å²) in [5.74, 6) is 0. The normalized spacial score (nSPS) is 6.33. The van der Waals surface area contributed by atoms with Gasteiger partial charge in [-0.2, -0.15) is 6.92 Å². The SMILES string of the molecule is C[C-]=CC.[I-].[Mg+2]. The maximum atomic E-state index is 2.81. The summed E-state index contributed by atoms with van der Waals surface area (Å²) >= 11 is 0. The van der Waals surface area contributed by atoms with Gasteiger partial charge in [-0.3, -0.25) is 6.08 Å². The van der Waals surface area contributed by atoms with Crippen LogP contribution in [0.15, 0.2) is 6.08 Å². The molecule has 0 aromatic rings. The second kappa shape index (κ2) is 16.3. The fourth-order valence-corrected chi connectivity index (χ4v) is 0. The van der Waals surface area contributed by atoms with Crippen LogP contribution in [0.25, 0.3) is 0 Å². The molecule has 0 saturated heterocycles. The molecule has 0 aliphatic rings. The zero-order valence-electron chi connectivity index (χ0n) is 4.16. The molecule has 0 aromatic carbocycles. The van der Waals surface area contributed by atoms with E-state index in [0.29, 0.717) is 0 Å². The second-order valence-corrected chi connectivity index (χ2v) is 0.577. The van der Waals surface area contributed by atoms with Crippen LogP contribution in [0.2, 0.25) is 0 Å². The van der Waals surface area contributed by atoms with E-state index in [1.807, 2.05) is 19.9 Å². The van der Waals surface area contributed by atoms with E-state index < -0.39 is 0 Å². The maximum absolute atomic E-state index is 2.81. The standard InChI is InChI=1S/C4H7.HI.Mg/c1-3-4-2;;/h3H,1-2H3;1H;/q-1;;+2/p-1. The Bertz CT molecular complexity index is 22.7. The fourth-order valence-electron chi connectivity index (χ4n) is 0. The summed E-state index contributed by atoms with van der Waals surface area (Å²) in [6.07, 6.45) is 4.68. The van der Waals surface area contributed by atoms with Crippen LogP contribution in [0.1, 0.15) is 13.8 Å². The summed E-state index contributed by atoms with van der Waals surface area (Å²) in [7, 11) is 0. The van der Waals surface area contributed by atoms with Crippen LogP contribution in [0, 0.1) is 6.08 Å². The van der Waals surface area contributed by atoms with Gasteiger partial charge in [0.05, 0.1) is 0 Å². The van der Waals surface area contributed by atoms with Crippen molar-refractivity contribution in [2.24, 2.45) is 0 Å². The van der Waals surface area contributed by atoms with E-state index in [9.17, 15) is 0 Å². The molecule has 0 fully saturated rings. The van der Waals surface area contributed by atoms with Gasteiger partial charge in [0.15, 0.2) is 0 Å². The third-order valence-corrected chi connectivity index (χ3v) is 0.289. The van der Waals surface area contributed by atoms with Crippen LogP contribution in [0.4, 0.5) is 0 Å². The Kier molecular flexibility index (Phi) is 42.7. The van der Waals surface area contributed by atoms with Gasteiger partial charge in [0.2, 0.25) is 0 Å². The van der Waals surface area contributed by atoms with E-state index in [1.165, 1.54) is 0 Å². The van der Waals surface area contributed by atoms with Crippen molar-refractivity contribution in [1.82, 2.24) is 0 Å². The molecule has 0 bridgehead atoms. The van der Waals surface area contributed by atoms with Crippen molar-refractivity contribution in [3.8, 4) is 0 Å². The van der Waals surface area contributed by atoms with Crippen molar-refractivity contribution in [3.63, 3.8) is 0 Å². The molecule has 0 rings (SSSR count). The molecule has 32 valence electrons. The molecule has 2 heteroatoms. The predicted molar refractivity (Wildman–Crippen MR) is 24.9 cm³/mol. The van der Waals surface area contributed by atoms with E-state index in [0.717, 1.165) is 0 Å². The average molecular weight is 206 g/mol. The smallest absolute Gasteiger partial charge is 1.00 e. The van der Waals surface area contributed by atoms with Crippen LogP contribution in [0.5, 0.6) is 0 Å². The molecule has 0 nitrogen and oxygen atoms in total. The molecule has 0 aromatic heterocycles. The molecule has 0 amide bonds. The molecule has 0 unspecified atom stereocenters. The van der Waals surface area contributed by atoms with Crippen LogP contribution >= 0.6 is 0 Å². The molecular formula is C4H7IMg. The van der Waals surface area contributed by atoms with Gasteiger partial charge in [-0.05, 0) is 0 Å². The number of hydrogen-bond acceptors (Lipinski definition) is 0. The molecule has 0 atom stereocenters. The van der Waals surface area contributed by atoms with E-state index in [-0.39, 0.29) is 47.0 Å².